The maximum atomic E-state index is 11.6. The van der Waals surface area contributed by atoms with Gasteiger partial charge in [0.15, 0.2) is 12.4 Å². The number of nitrogens with zero attached hydrogens (tertiary/aromatic N) is 4. The second-order valence-corrected chi connectivity index (χ2v) is 32.3. The fourth-order valence-electron chi connectivity index (χ4n) is 8.15. The number of carbonyl (C=O) groups is 4. The van der Waals surface area contributed by atoms with Crippen LogP contribution in [0.2, 0.25) is 0 Å². The number of pyridine rings is 4. The molecule has 4 rings (SSSR count). The summed E-state index contributed by atoms with van der Waals surface area (Å²) in [6.07, 6.45) is 46.4. The van der Waals surface area contributed by atoms with Gasteiger partial charge in [-0.2, -0.15) is 0 Å². The molecule has 0 radical (unpaired) electrons. The van der Waals surface area contributed by atoms with Crippen LogP contribution < -0.4 is 28.5 Å². The summed E-state index contributed by atoms with van der Waals surface area (Å²) in [5.74, 6) is -0.993. The van der Waals surface area contributed by atoms with E-state index in [0.29, 0.717) is 19.3 Å². The van der Waals surface area contributed by atoms with Gasteiger partial charge in [0, 0.05) is 54.6 Å². The van der Waals surface area contributed by atoms with Crippen LogP contribution in [0.3, 0.4) is 0 Å². The van der Waals surface area contributed by atoms with Gasteiger partial charge < -0.3 is 44.4 Å². The average Bonchev–Trinajstić information content (AvgIpc) is 1.76. The Labute approximate surface area is 614 Å². The van der Waals surface area contributed by atoms with Crippen LogP contribution in [0.5, 0.6) is 0 Å². The predicted octanol–water partition coefficient (Wildman–Crippen LogP) is 18.3. The van der Waals surface area contributed by atoms with Gasteiger partial charge in [0.05, 0.1) is 16.2 Å². The molecule has 520 valence electrons. The van der Waals surface area contributed by atoms with Crippen LogP contribution in [0, 0.1) is 16.2 Å². The zero-order valence-corrected chi connectivity index (χ0v) is 66.8. The molecule has 0 saturated carbocycles. The van der Waals surface area contributed by atoms with Gasteiger partial charge in [0.1, 0.15) is 18.9 Å². The van der Waals surface area contributed by atoms with E-state index in [9.17, 15) is 24.3 Å². The summed E-state index contributed by atoms with van der Waals surface area (Å²) in [5.41, 5.74) is 2.43. The highest BCUT2D eigenvalue weighted by Crippen LogP contribution is 2.42. The van der Waals surface area contributed by atoms with Gasteiger partial charge in [-0.1, -0.05) is 213 Å². The van der Waals surface area contributed by atoms with Gasteiger partial charge in [-0.05, 0) is 175 Å². The van der Waals surface area contributed by atoms with E-state index in [1.807, 2.05) is 77.5 Å². The van der Waals surface area contributed by atoms with Crippen molar-refractivity contribution in [1.82, 2.24) is 15.0 Å². The SMILES string of the molecule is C=Cc1ccncc1.CC(C)(CCc1ccncc1)C(=O)O.CCCCCCCCCCCCSC(=S)SC(C)(C)C(=O)O.CCCCCCCCCCCCSC(=S)SC(CC(C)(C)C(=O)O)c1ccncc1.CI.C[n+]1ccc(CCC(C)(C)C(=O)O)cc1.[I-]. The first-order valence-corrected chi connectivity index (χ1v) is 39.0. The molecule has 4 N–H and O–H groups in total. The summed E-state index contributed by atoms with van der Waals surface area (Å²) >= 11 is 19.3. The fourth-order valence-corrected chi connectivity index (χ4v) is 14.2. The van der Waals surface area contributed by atoms with Gasteiger partial charge in [0.2, 0.25) is 0 Å². The number of unbranched alkanes of at least 4 members (excludes halogenated alkanes) is 18. The van der Waals surface area contributed by atoms with Gasteiger partial charge in [-0.3, -0.25) is 34.1 Å². The Morgan fingerprint density at radius 2 is 0.859 bits per heavy atom. The first-order chi connectivity index (χ1) is 43.1. The molecule has 1 atom stereocenters. The largest absolute Gasteiger partial charge is 1.00 e. The third kappa shape index (κ3) is 50.6. The summed E-state index contributed by atoms with van der Waals surface area (Å²) in [4.78, 5) is 58.2. The number of thioether (sulfide) groups is 4. The Balaban J connectivity index is -0.00000113. The number of hydrogen-bond donors (Lipinski definition) is 4. The van der Waals surface area contributed by atoms with Gasteiger partial charge >= 0.3 is 23.9 Å². The summed E-state index contributed by atoms with van der Waals surface area (Å²) in [6, 6.07) is 15.6. The van der Waals surface area contributed by atoms with Gasteiger partial charge in [-0.15, -0.1) is 23.5 Å². The average molecular weight is 1610 g/mol. The highest BCUT2D eigenvalue weighted by Gasteiger charge is 2.33. The Kier molecular flexibility index (Phi) is 58.2. The number of aromatic nitrogens is 4. The van der Waals surface area contributed by atoms with Crippen LogP contribution in [0.15, 0.2) is 105 Å². The van der Waals surface area contributed by atoms with Crippen LogP contribution in [0.4, 0.5) is 0 Å². The number of carboxylic acids is 4. The van der Waals surface area contributed by atoms with E-state index in [1.165, 1.54) is 146 Å². The molecule has 4 heterocycles. The van der Waals surface area contributed by atoms with Crippen molar-refractivity contribution < 1.29 is 68.1 Å². The Morgan fingerprint density at radius 1 is 0.522 bits per heavy atom. The van der Waals surface area contributed by atoms with Crippen LogP contribution in [-0.4, -0.2) is 87.5 Å². The van der Waals surface area contributed by atoms with Crippen molar-refractivity contribution in [3.8, 4) is 0 Å². The number of aliphatic carboxylic acids is 4. The number of thiocarbonyl (C=S) groups is 2. The molecule has 4 aromatic heterocycles. The Morgan fingerprint density at radius 3 is 1.21 bits per heavy atom. The summed E-state index contributed by atoms with van der Waals surface area (Å²) in [7, 11) is 1.96. The molecular weight excluding hydrogens is 1500 g/mol. The summed E-state index contributed by atoms with van der Waals surface area (Å²) < 4.78 is 2.81. The van der Waals surface area contributed by atoms with Crippen molar-refractivity contribution in [3.63, 3.8) is 0 Å². The third-order valence-corrected chi connectivity index (χ3v) is 20.6. The van der Waals surface area contributed by atoms with Crippen molar-refractivity contribution in [2.45, 2.75) is 240 Å². The molecule has 0 aliphatic rings. The van der Waals surface area contributed by atoms with E-state index in [0.717, 1.165) is 48.1 Å². The number of halogens is 2. The van der Waals surface area contributed by atoms with Gasteiger partial charge in [-0.25, -0.2) is 4.57 Å². The van der Waals surface area contributed by atoms with E-state index in [4.69, 9.17) is 39.8 Å². The number of aryl methyl sites for hydroxylation is 3. The van der Waals surface area contributed by atoms with E-state index >= 15 is 0 Å². The number of rotatable bonds is 38. The molecule has 4 aromatic rings. The minimum atomic E-state index is -0.818. The quantitative estimate of drug-likeness (QED) is 0.0109. The topological polar surface area (TPSA) is 192 Å². The first kappa shape index (κ1) is 93.4. The monoisotopic (exact) mass is 1610 g/mol. The molecule has 0 spiro atoms. The molecule has 0 aliphatic carbocycles. The lowest BCUT2D eigenvalue weighted by molar-refractivity contribution is -0.671. The van der Waals surface area contributed by atoms with E-state index in [-0.39, 0.29) is 29.2 Å². The van der Waals surface area contributed by atoms with Crippen LogP contribution in [0.1, 0.15) is 244 Å². The van der Waals surface area contributed by atoms with Crippen molar-refractivity contribution in [2.24, 2.45) is 23.3 Å². The highest BCUT2D eigenvalue weighted by molar-refractivity contribution is 14.1. The zero-order chi connectivity index (χ0) is 69.0. The number of hydrogen-bond acceptors (Lipinski definition) is 13. The van der Waals surface area contributed by atoms with Crippen molar-refractivity contribution in [1.29, 1.82) is 0 Å². The van der Waals surface area contributed by atoms with Crippen LogP contribution in [-0.2, 0) is 39.1 Å². The molecule has 0 aromatic carbocycles. The van der Waals surface area contributed by atoms with E-state index < -0.39 is 44.9 Å². The molecular formula is C72H114I2N4O8S6. The maximum absolute atomic E-state index is 11.6. The molecule has 1 unspecified atom stereocenters. The highest BCUT2D eigenvalue weighted by atomic mass is 127. The second-order valence-electron chi connectivity index (χ2n) is 24.8. The zero-order valence-electron chi connectivity index (χ0n) is 57.6. The smallest absolute Gasteiger partial charge is 0.319 e. The normalized spacial score (nSPS) is 11.3. The third-order valence-electron chi connectivity index (χ3n) is 14.9. The van der Waals surface area contributed by atoms with E-state index in [1.54, 1.807) is 134 Å². The van der Waals surface area contributed by atoms with E-state index in [2.05, 4.69) is 58.0 Å². The minimum Gasteiger partial charge on any atom is -1.00 e. The molecule has 92 heavy (non-hydrogen) atoms. The van der Waals surface area contributed by atoms with Crippen LogP contribution in [0.25, 0.3) is 6.08 Å². The number of carboxylic acid groups (broad SMARTS) is 4. The Hall–Kier alpha value is -2.74. The lowest BCUT2D eigenvalue weighted by Crippen LogP contribution is -3.00. The minimum absolute atomic E-state index is 0. The number of alkyl halides is 1. The predicted molar refractivity (Wildman–Crippen MR) is 409 cm³/mol. The first-order valence-electron chi connectivity index (χ1n) is 32.4. The molecule has 0 saturated heterocycles. The molecule has 0 bridgehead atoms. The molecule has 0 amide bonds. The summed E-state index contributed by atoms with van der Waals surface area (Å²) in [6.45, 7) is 22.1. The van der Waals surface area contributed by atoms with Crippen molar-refractivity contribution in [3.05, 3.63) is 127 Å². The summed E-state index contributed by atoms with van der Waals surface area (Å²) in [5, 5.41) is 36.5. The van der Waals surface area contributed by atoms with Crippen LogP contribution >= 0.6 is 94.1 Å². The second kappa shape index (κ2) is 57.3. The Bertz CT molecular complexity index is 2550. The molecule has 0 aliphatic heterocycles. The maximum Gasteiger partial charge on any atom is 0.319 e. The lowest BCUT2D eigenvalue weighted by Gasteiger charge is -2.26. The molecule has 20 heteroatoms. The van der Waals surface area contributed by atoms with Crippen molar-refractivity contribution in [2.75, 3.05) is 16.4 Å². The standard InChI is InChI=1S/C24H39NO2S3.C17H32O2S3.C12H17NO2.C11H15NO2.C7H7N.CH3I.HI/c1-4-5-6-7-8-9-10-11-12-13-18-29-23(28)30-21(19-24(2,3)22(26)27)20-14-16-25-17-15-20;1-4-5-6-7-8-9-10-11-12-13-14-21-16(20)22-17(2,3)15(18)19;1-12(2,11(14)15)7-4-10-5-8-13(3)9-6-10;1-11(2,10(13)14)6-3-9-4-7-12-8-5-9;1-2-7-3-5-8-6-4-7;1-2;/h14-17,21H,4-13,18-19H2,1-3H3,(H,26,27);4-14H2,1-3H3,(H,18,19);5-6,8-9H,4,7H2,1-3H3;4-5,7-8H,3,6H2,1-2H3,(H,13,14);2-6H,1H2;1H3;1H. The lowest BCUT2D eigenvalue weighted by atomic mass is 9.86. The van der Waals surface area contributed by atoms with Gasteiger partial charge in [0.25, 0.3) is 0 Å². The fraction of sp³-hybridized carbons (Fsp3) is 0.611. The van der Waals surface area contributed by atoms with Crippen molar-refractivity contribution >= 4 is 131 Å². The molecule has 12 nitrogen and oxygen atoms in total. The molecule has 0 fully saturated rings.